The Balaban J connectivity index is 1.22. The number of amides is 1. The van der Waals surface area contributed by atoms with Gasteiger partial charge in [-0.25, -0.2) is 4.98 Å². The molecule has 0 spiro atoms. The molecule has 1 aliphatic carbocycles. The fourth-order valence-corrected chi connectivity index (χ4v) is 6.18. The van der Waals surface area contributed by atoms with E-state index in [1.54, 1.807) is 0 Å². The van der Waals surface area contributed by atoms with E-state index in [0.29, 0.717) is 17.7 Å². The smallest absolute Gasteiger partial charge is 0.225 e. The summed E-state index contributed by atoms with van der Waals surface area (Å²) < 4.78 is 3.41. The molecule has 2 aliphatic rings. The number of aromatic amines is 1. The molecule has 180 valence electrons. The van der Waals surface area contributed by atoms with E-state index in [4.69, 9.17) is 4.98 Å². The van der Waals surface area contributed by atoms with Gasteiger partial charge in [0.15, 0.2) is 0 Å². The van der Waals surface area contributed by atoms with E-state index in [9.17, 15) is 4.79 Å². The summed E-state index contributed by atoms with van der Waals surface area (Å²) in [5.74, 6) is 2.07. The number of para-hydroxylation sites is 1. The number of nitrogens with zero attached hydrogens (tertiary/aromatic N) is 3. The number of nitrogens with one attached hydrogen (secondary N) is 1. The Morgan fingerprint density at radius 2 is 1.78 bits per heavy atom. The van der Waals surface area contributed by atoms with Crippen molar-refractivity contribution in [3.05, 3.63) is 77.4 Å². The maximum absolute atomic E-state index is 12.6. The van der Waals surface area contributed by atoms with Gasteiger partial charge in [0.2, 0.25) is 5.91 Å². The van der Waals surface area contributed by atoms with Gasteiger partial charge in [0, 0.05) is 47.3 Å². The normalized spacial score (nSPS) is 17.9. The van der Waals surface area contributed by atoms with Gasteiger partial charge in [0.1, 0.15) is 5.82 Å². The molecule has 6 heteroatoms. The molecule has 1 atom stereocenters. The van der Waals surface area contributed by atoms with Gasteiger partial charge in [-0.2, -0.15) is 0 Å². The van der Waals surface area contributed by atoms with Crippen LogP contribution in [0.25, 0.3) is 44.5 Å². The van der Waals surface area contributed by atoms with Crippen molar-refractivity contribution in [3.63, 3.8) is 0 Å². The summed E-state index contributed by atoms with van der Waals surface area (Å²) in [5.41, 5.74) is 6.74. The minimum Gasteiger partial charge on any atom is -0.361 e. The molecule has 5 nitrogen and oxygen atoms in total. The predicted molar refractivity (Wildman–Crippen MR) is 148 cm³/mol. The lowest BCUT2D eigenvalue weighted by molar-refractivity contribution is -0.131. The standard InChI is InChI=1S/C30H27BrN4O/c31-25-2-1-3-26-28(25)35(18-19-13-15-34(17-19)30(36)23-9-10-23)29(33-26)22-7-4-20(5-8-22)24-11-6-21-12-14-32-27(21)16-24/h1-8,11-12,14,16,19,23,32H,9-10,13,15,17-18H2. The summed E-state index contributed by atoms with van der Waals surface area (Å²) in [7, 11) is 0. The number of fused-ring (bicyclic) bond motifs is 2. The van der Waals surface area contributed by atoms with Crippen LogP contribution >= 0.6 is 15.9 Å². The second-order valence-corrected chi connectivity index (χ2v) is 11.1. The van der Waals surface area contributed by atoms with E-state index < -0.39 is 0 Å². The largest absolute Gasteiger partial charge is 0.361 e. The molecule has 36 heavy (non-hydrogen) atoms. The van der Waals surface area contributed by atoms with E-state index in [1.807, 2.05) is 12.3 Å². The molecule has 2 aromatic heterocycles. The van der Waals surface area contributed by atoms with E-state index in [-0.39, 0.29) is 0 Å². The molecule has 2 fully saturated rings. The average molecular weight is 539 g/mol. The quantitative estimate of drug-likeness (QED) is 0.265. The highest BCUT2D eigenvalue weighted by molar-refractivity contribution is 9.10. The van der Waals surface area contributed by atoms with Crippen LogP contribution in [0.3, 0.4) is 0 Å². The maximum atomic E-state index is 12.6. The Bertz CT molecular complexity index is 1590. The van der Waals surface area contributed by atoms with Crippen LogP contribution in [0.15, 0.2) is 77.4 Å². The molecule has 3 aromatic carbocycles. The molecule has 1 aliphatic heterocycles. The highest BCUT2D eigenvalue weighted by atomic mass is 79.9. The Hall–Kier alpha value is -3.38. The van der Waals surface area contributed by atoms with Gasteiger partial charge in [-0.3, -0.25) is 4.79 Å². The van der Waals surface area contributed by atoms with Crippen LogP contribution < -0.4 is 0 Å². The van der Waals surface area contributed by atoms with Gasteiger partial charge in [0.05, 0.1) is 11.0 Å². The SMILES string of the molecule is O=C(C1CC1)N1CCC(Cn2c(-c3ccc(-c4ccc5cc[nH]c5c4)cc3)nc3cccc(Br)c32)C1. The molecule has 1 saturated carbocycles. The molecule has 7 rings (SSSR count). The minimum absolute atomic E-state index is 0.291. The van der Waals surface area contributed by atoms with Crippen LogP contribution in [-0.4, -0.2) is 38.4 Å². The van der Waals surface area contributed by atoms with Gasteiger partial charge in [-0.05, 0) is 81.9 Å². The summed E-state index contributed by atoms with van der Waals surface area (Å²) >= 11 is 3.78. The van der Waals surface area contributed by atoms with Crippen LogP contribution in [0.2, 0.25) is 0 Å². The van der Waals surface area contributed by atoms with E-state index in [0.717, 1.165) is 71.3 Å². The Labute approximate surface area is 218 Å². The van der Waals surface area contributed by atoms with Gasteiger partial charge < -0.3 is 14.5 Å². The Morgan fingerprint density at radius 3 is 2.61 bits per heavy atom. The molecular formula is C30H27BrN4O. The zero-order valence-corrected chi connectivity index (χ0v) is 21.5. The zero-order valence-electron chi connectivity index (χ0n) is 20.0. The molecule has 1 N–H and O–H groups in total. The number of benzene rings is 3. The third-order valence-electron chi connectivity index (χ3n) is 7.71. The van der Waals surface area contributed by atoms with E-state index in [1.165, 1.54) is 16.5 Å². The van der Waals surface area contributed by atoms with Crippen molar-refractivity contribution in [2.45, 2.75) is 25.8 Å². The maximum Gasteiger partial charge on any atom is 0.225 e. The van der Waals surface area contributed by atoms with Crippen molar-refractivity contribution in [1.82, 2.24) is 19.4 Å². The molecule has 1 unspecified atom stereocenters. The van der Waals surface area contributed by atoms with Gasteiger partial charge in [0.25, 0.3) is 0 Å². The lowest BCUT2D eigenvalue weighted by Crippen LogP contribution is -2.30. The Morgan fingerprint density at radius 1 is 0.972 bits per heavy atom. The van der Waals surface area contributed by atoms with Crippen LogP contribution in [-0.2, 0) is 11.3 Å². The third kappa shape index (κ3) is 3.84. The monoisotopic (exact) mass is 538 g/mol. The molecule has 1 saturated heterocycles. The number of carbonyl (C=O) groups excluding carboxylic acids is 1. The number of H-pyrrole nitrogens is 1. The first kappa shape index (κ1) is 21.9. The third-order valence-corrected chi connectivity index (χ3v) is 8.35. The highest BCUT2D eigenvalue weighted by Gasteiger charge is 2.36. The number of hydrogen-bond donors (Lipinski definition) is 1. The minimum atomic E-state index is 0.291. The molecule has 0 radical (unpaired) electrons. The molecule has 0 bridgehead atoms. The van der Waals surface area contributed by atoms with Gasteiger partial charge in [-0.1, -0.05) is 42.5 Å². The first-order chi connectivity index (χ1) is 17.6. The first-order valence-corrected chi connectivity index (χ1v) is 13.5. The highest BCUT2D eigenvalue weighted by Crippen LogP contribution is 2.35. The fourth-order valence-electron chi connectivity index (χ4n) is 5.61. The summed E-state index contributed by atoms with van der Waals surface area (Å²) in [4.78, 5) is 23.1. The lowest BCUT2D eigenvalue weighted by atomic mass is 10.0. The molecule has 1 amide bonds. The molecule has 3 heterocycles. The average Bonchev–Trinajstić information content (AvgIpc) is 3.29. The summed E-state index contributed by atoms with van der Waals surface area (Å²) in [6.45, 7) is 2.58. The topological polar surface area (TPSA) is 53.9 Å². The van der Waals surface area contributed by atoms with Gasteiger partial charge >= 0.3 is 0 Å². The number of imidazole rings is 1. The number of aromatic nitrogens is 3. The molecule has 5 aromatic rings. The Kier molecular flexibility index (Phi) is 5.24. The summed E-state index contributed by atoms with van der Waals surface area (Å²) in [5, 5.41) is 1.22. The predicted octanol–water partition coefficient (Wildman–Crippen LogP) is 6.87. The van der Waals surface area contributed by atoms with Crippen molar-refractivity contribution in [1.29, 1.82) is 0 Å². The second kappa shape index (κ2) is 8.63. The van der Waals surface area contributed by atoms with Crippen molar-refractivity contribution in [2.75, 3.05) is 13.1 Å². The van der Waals surface area contributed by atoms with Crippen molar-refractivity contribution in [3.8, 4) is 22.5 Å². The second-order valence-electron chi connectivity index (χ2n) is 10.2. The summed E-state index contributed by atoms with van der Waals surface area (Å²) in [6, 6.07) is 23.6. The fraction of sp³-hybridized carbons (Fsp3) is 0.267. The zero-order chi connectivity index (χ0) is 24.2. The van der Waals surface area contributed by atoms with Crippen LogP contribution in [0.5, 0.6) is 0 Å². The van der Waals surface area contributed by atoms with Crippen molar-refractivity contribution in [2.24, 2.45) is 11.8 Å². The number of rotatable bonds is 5. The van der Waals surface area contributed by atoms with Crippen molar-refractivity contribution >= 4 is 43.8 Å². The van der Waals surface area contributed by atoms with Crippen LogP contribution in [0.4, 0.5) is 0 Å². The number of likely N-dealkylation sites (tertiary alicyclic amines) is 1. The number of hydrogen-bond acceptors (Lipinski definition) is 2. The summed E-state index contributed by atoms with van der Waals surface area (Å²) in [6.07, 6.45) is 5.16. The molecular weight excluding hydrogens is 512 g/mol. The number of carbonyl (C=O) groups is 1. The van der Waals surface area contributed by atoms with E-state index >= 15 is 0 Å². The van der Waals surface area contributed by atoms with Crippen molar-refractivity contribution < 1.29 is 4.79 Å². The number of halogens is 1. The lowest BCUT2D eigenvalue weighted by Gasteiger charge is -2.18. The first-order valence-electron chi connectivity index (χ1n) is 12.8. The van der Waals surface area contributed by atoms with Crippen LogP contribution in [0.1, 0.15) is 19.3 Å². The van der Waals surface area contributed by atoms with Crippen LogP contribution in [0, 0.1) is 11.8 Å². The van der Waals surface area contributed by atoms with E-state index in [2.05, 4.69) is 91.0 Å². The van der Waals surface area contributed by atoms with Gasteiger partial charge in [-0.15, -0.1) is 0 Å².